The maximum Gasteiger partial charge on any atom is 0.251 e. The number of carbonyl (C=O) groups is 1. The van der Waals surface area contributed by atoms with Gasteiger partial charge in [-0.3, -0.25) is 4.79 Å². The van der Waals surface area contributed by atoms with Crippen molar-refractivity contribution in [1.29, 1.82) is 0 Å². The van der Waals surface area contributed by atoms with Crippen LogP contribution in [-0.4, -0.2) is 24.2 Å². The van der Waals surface area contributed by atoms with Gasteiger partial charge in [0.1, 0.15) is 0 Å². The molecule has 0 aromatic heterocycles. The van der Waals surface area contributed by atoms with Crippen molar-refractivity contribution in [2.75, 3.05) is 13.2 Å². The highest BCUT2D eigenvalue weighted by atomic mass is 16.3. The zero-order valence-corrected chi connectivity index (χ0v) is 11.1. The molecule has 1 aromatic carbocycles. The van der Waals surface area contributed by atoms with E-state index in [-0.39, 0.29) is 17.9 Å². The van der Waals surface area contributed by atoms with Gasteiger partial charge in [0.25, 0.3) is 5.91 Å². The minimum atomic E-state index is -0.00832. The average molecular weight is 247 g/mol. The summed E-state index contributed by atoms with van der Waals surface area (Å²) in [4.78, 5) is 12.1. The normalized spacial score (nSPS) is 16.4. The number of aryl methyl sites for hydroxylation is 2. The molecule has 0 heterocycles. The van der Waals surface area contributed by atoms with Crippen LogP contribution < -0.4 is 5.32 Å². The third-order valence-corrected chi connectivity index (χ3v) is 3.71. The summed E-state index contributed by atoms with van der Waals surface area (Å²) in [5.41, 5.74) is 3.11. The fourth-order valence-corrected chi connectivity index (χ4v) is 2.40. The van der Waals surface area contributed by atoms with E-state index in [1.165, 1.54) is 0 Å². The summed E-state index contributed by atoms with van der Waals surface area (Å²) in [5, 5.41) is 12.0. The predicted octanol–water partition coefficient (Wildman–Crippen LogP) is 2.20. The third-order valence-electron chi connectivity index (χ3n) is 3.71. The number of aliphatic hydroxyl groups excluding tert-OH is 1. The molecule has 2 N–H and O–H groups in total. The number of carbonyl (C=O) groups excluding carboxylic acids is 1. The number of hydrogen-bond acceptors (Lipinski definition) is 2. The van der Waals surface area contributed by atoms with Gasteiger partial charge in [0.05, 0.1) is 0 Å². The zero-order chi connectivity index (χ0) is 13.2. The van der Waals surface area contributed by atoms with Crippen molar-refractivity contribution in [1.82, 2.24) is 5.32 Å². The highest BCUT2D eigenvalue weighted by molar-refractivity contribution is 5.94. The Morgan fingerprint density at radius 3 is 2.39 bits per heavy atom. The van der Waals surface area contributed by atoms with Crippen LogP contribution in [-0.2, 0) is 0 Å². The second-order valence-electron chi connectivity index (χ2n) is 5.53. The van der Waals surface area contributed by atoms with Gasteiger partial charge in [-0.15, -0.1) is 0 Å². The number of hydrogen-bond donors (Lipinski definition) is 2. The van der Waals surface area contributed by atoms with Crippen LogP contribution in [0, 0.1) is 19.3 Å². The minimum absolute atomic E-state index is 0.00832. The Bertz CT molecular complexity index is 430. The van der Waals surface area contributed by atoms with E-state index in [0.717, 1.165) is 36.0 Å². The van der Waals surface area contributed by atoms with Gasteiger partial charge in [-0.1, -0.05) is 17.2 Å². The number of nitrogens with one attached hydrogen (secondary N) is 1. The Balaban J connectivity index is 1.95. The molecule has 0 saturated heterocycles. The lowest BCUT2D eigenvalue weighted by atomic mass is 10.0. The van der Waals surface area contributed by atoms with Crippen LogP contribution in [0.3, 0.4) is 0 Å². The SMILES string of the molecule is Cc1cc(C)cc(C(=O)NCC2(CCO)CC2)c1. The first-order chi connectivity index (χ1) is 8.54. The predicted molar refractivity (Wildman–Crippen MR) is 71.6 cm³/mol. The van der Waals surface area contributed by atoms with E-state index in [9.17, 15) is 4.79 Å². The lowest BCUT2D eigenvalue weighted by Crippen LogP contribution is -2.30. The Morgan fingerprint density at radius 1 is 1.28 bits per heavy atom. The first-order valence-electron chi connectivity index (χ1n) is 6.52. The van der Waals surface area contributed by atoms with Crippen LogP contribution in [0.4, 0.5) is 0 Å². The molecule has 2 rings (SSSR count). The summed E-state index contributed by atoms with van der Waals surface area (Å²) in [6, 6.07) is 5.88. The molecule has 3 nitrogen and oxygen atoms in total. The van der Waals surface area contributed by atoms with Gasteiger partial charge < -0.3 is 10.4 Å². The van der Waals surface area contributed by atoms with E-state index in [2.05, 4.69) is 11.4 Å². The zero-order valence-electron chi connectivity index (χ0n) is 11.1. The van der Waals surface area contributed by atoms with Gasteiger partial charge in [0.2, 0.25) is 0 Å². The molecule has 0 radical (unpaired) electrons. The summed E-state index contributed by atoms with van der Waals surface area (Å²) in [6.07, 6.45) is 3.02. The average Bonchev–Trinajstić information content (AvgIpc) is 3.06. The molecular formula is C15H21NO2. The Kier molecular flexibility index (Phi) is 3.71. The molecule has 1 amide bonds. The van der Waals surface area contributed by atoms with Gasteiger partial charge >= 0.3 is 0 Å². The van der Waals surface area contributed by atoms with Crippen molar-refractivity contribution >= 4 is 5.91 Å². The van der Waals surface area contributed by atoms with Crippen molar-refractivity contribution < 1.29 is 9.90 Å². The van der Waals surface area contributed by atoms with Crippen molar-refractivity contribution in [3.63, 3.8) is 0 Å². The highest BCUT2D eigenvalue weighted by Crippen LogP contribution is 2.47. The van der Waals surface area contributed by atoms with E-state index in [1.807, 2.05) is 26.0 Å². The maximum absolute atomic E-state index is 12.1. The quantitative estimate of drug-likeness (QED) is 0.838. The van der Waals surface area contributed by atoms with E-state index in [0.29, 0.717) is 6.54 Å². The van der Waals surface area contributed by atoms with Gasteiger partial charge in [0, 0.05) is 18.7 Å². The fraction of sp³-hybridized carbons (Fsp3) is 0.533. The first-order valence-corrected chi connectivity index (χ1v) is 6.52. The molecule has 98 valence electrons. The smallest absolute Gasteiger partial charge is 0.251 e. The summed E-state index contributed by atoms with van der Waals surface area (Å²) >= 11 is 0. The van der Waals surface area contributed by atoms with Crippen LogP contribution in [0.1, 0.15) is 40.7 Å². The molecule has 18 heavy (non-hydrogen) atoms. The summed E-state index contributed by atoms with van der Waals surface area (Å²) in [6.45, 7) is 4.88. The molecule has 1 aliphatic carbocycles. The Labute approximate surface area is 108 Å². The van der Waals surface area contributed by atoms with Crippen LogP contribution in [0.5, 0.6) is 0 Å². The number of aliphatic hydroxyl groups is 1. The molecule has 0 spiro atoms. The molecular weight excluding hydrogens is 226 g/mol. The first kappa shape index (κ1) is 13.1. The minimum Gasteiger partial charge on any atom is -0.396 e. The van der Waals surface area contributed by atoms with Crippen LogP contribution in [0.25, 0.3) is 0 Å². The second-order valence-corrected chi connectivity index (χ2v) is 5.53. The van der Waals surface area contributed by atoms with E-state index in [1.54, 1.807) is 0 Å². The topological polar surface area (TPSA) is 49.3 Å². The van der Waals surface area contributed by atoms with Crippen molar-refractivity contribution in [3.8, 4) is 0 Å². The van der Waals surface area contributed by atoms with Crippen LogP contribution in [0.15, 0.2) is 18.2 Å². The molecule has 1 aliphatic rings. The number of benzene rings is 1. The summed E-state index contributed by atoms with van der Waals surface area (Å²) in [5.74, 6) is -0.00832. The molecule has 0 aliphatic heterocycles. The highest BCUT2D eigenvalue weighted by Gasteiger charge is 2.41. The van der Waals surface area contributed by atoms with Crippen LogP contribution >= 0.6 is 0 Å². The van der Waals surface area contributed by atoms with E-state index < -0.39 is 0 Å². The second kappa shape index (κ2) is 5.11. The number of amides is 1. The third kappa shape index (κ3) is 3.10. The molecule has 0 bridgehead atoms. The van der Waals surface area contributed by atoms with Crippen molar-refractivity contribution in [2.24, 2.45) is 5.41 Å². The lowest BCUT2D eigenvalue weighted by molar-refractivity contribution is 0.0940. The van der Waals surface area contributed by atoms with Crippen molar-refractivity contribution in [2.45, 2.75) is 33.1 Å². The molecule has 0 atom stereocenters. The molecule has 1 fully saturated rings. The Morgan fingerprint density at radius 2 is 1.89 bits per heavy atom. The lowest BCUT2D eigenvalue weighted by Gasteiger charge is -2.14. The molecule has 1 aromatic rings. The standard InChI is InChI=1S/C15H21NO2/c1-11-7-12(2)9-13(8-11)14(18)16-10-15(3-4-15)5-6-17/h7-9,17H,3-6,10H2,1-2H3,(H,16,18). The van der Waals surface area contributed by atoms with E-state index >= 15 is 0 Å². The Hall–Kier alpha value is -1.35. The largest absolute Gasteiger partial charge is 0.396 e. The molecule has 0 unspecified atom stereocenters. The monoisotopic (exact) mass is 247 g/mol. The molecule has 3 heteroatoms. The van der Waals surface area contributed by atoms with Gasteiger partial charge in [0.15, 0.2) is 0 Å². The molecule has 1 saturated carbocycles. The van der Waals surface area contributed by atoms with Gasteiger partial charge in [-0.2, -0.15) is 0 Å². The maximum atomic E-state index is 12.1. The number of rotatable bonds is 5. The summed E-state index contributed by atoms with van der Waals surface area (Å²) < 4.78 is 0. The van der Waals surface area contributed by atoms with Gasteiger partial charge in [-0.25, -0.2) is 0 Å². The van der Waals surface area contributed by atoms with Crippen LogP contribution in [0.2, 0.25) is 0 Å². The summed E-state index contributed by atoms with van der Waals surface area (Å²) in [7, 11) is 0. The fourth-order valence-electron chi connectivity index (χ4n) is 2.40. The van der Waals surface area contributed by atoms with Gasteiger partial charge in [-0.05, 0) is 50.7 Å². The van der Waals surface area contributed by atoms with Crippen molar-refractivity contribution in [3.05, 3.63) is 34.9 Å². The van der Waals surface area contributed by atoms with E-state index in [4.69, 9.17) is 5.11 Å².